The van der Waals surface area contributed by atoms with Gasteiger partial charge in [0.1, 0.15) is 0 Å². The van der Waals surface area contributed by atoms with Crippen LogP contribution in [-0.2, 0) is 0 Å². The molecule has 0 N–H and O–H groups in total. The zero-order valence-electron chi connectivity index (χ0n) is 11.8. The van der Waals surface area contributed by atoms with Gasteiger partial charge in [-0.2, -0.15) is 0 Å². The summed E-state index contributed by atoms with van der Waals surface area (Å²) in [5.41, 5.74) is 2.14. The lowest BCUT2D eigenvalue weighted by Gasteiger charge is -1.99. The quantitative estimate of drug-likeness (QED) is 0.584. The van der Waals surface area contributed by atoms with Crippen LogP contribution in [0.3, 0.4) is 0 Å². The number of hydrogen-bond acceptors (Lipinski definition) is 1. The molecule has 2 aromatic rings. The van der Waals surface area contributed by atoms with Gasteiger partial charge in [0, 0.05) is 5.39 Å². The van der Waals surface area contributed by atoms with Crippen LogP contribution in [0.1, 0.15) is 51.1 Å². The zero-order chi connectivity index (χ0) is 13.3. The summed E-state index contributed by atoms with van der Waals surface area (Å²) in [5.74, 6) is 0. The highest BCUT2D eigenvalue weighted by Gasteiger charge is 1.94. The van der Waals surface area contributed by atoms with Gasteiger partial charge in [-0.1, -0.05) is 62.9 Å². The Balaban J connectivity index is 1.83. The molecule has 1 aromatic carbocycles. The van der Waals surface area contributed by atoms with Crippen molar-refractivity contribution in [2.45, 2.75) is 45.4 Å². The molecule has 0 saturated heterocycles. The number of nitrogens with zero attached hydrogens (tertiary/aromatic N) is 1. The molecule has 0 aliphatic carbocycles. The van der Waals surface area contributed by atoms with Crippen molar-refractivity contribution >= 4 is 17.0 Å². The Morgan fingerprint density at radius 1 is 0.947 bits per heavy atom. The number of fused-ring (bicyclic) bond motifs is 1. The average molecular weight is 253 g/mol. The maximum atomic E-state index is 4.64. The van der Waals surface area contributed by atoms with Crippen molar-refractivity contribution < 1.29 is 0 Å². The predicted molar refractivity (Wildman–Crippen MR) is 84.2 cm³/mol. The van der Waals surface area contributed by atoms with E-state index in [1.807, 2.05) is 6.07 Å². The topological polar surface area (TPSA) is 12.9 Å². The molecule has 0 aliphatic heterocycles. The van der Waals surface area contributed by atoms with Crippen molar-refractivity contribution in [3.63, 3.8) is 0 Å². The minimum atomic E-state index is 1.06. The summed E-state index contributed by atoms with van der Waals surface area (Å²) in [7, 11) is 0. The molecule has 0 aliphatic rings. The fraction of sp³-hybridized carbons (Fsp3) is 0.389. The number of benzene rings is 1. The summed E-state index contributed by atoms with van der Waals surface area (Å²) in [6, 6.07) is 12.5. The first-order chi connectivity index (χ1) is 9.40. The van der Waals surface area contributed by atoms with E-state index >= 15 is 0 Å². The van der Waals surface area contributed by atoms with Crippen LogP contribution in [0.4, 0.5) is 0 Å². The van der Waals surface area contributed by atoms with E-state index in [-0.39, 0.29) is 0 Å². The highest BCUT2D eigenvalue weighted by atomic mass is 14.7. The Morgan fingerprint density at radius 2 is 1.79 bits per heavy atom. The van der Waals surface area contributed by atoms with Gasteiger partial charge in [-0.3, -0.25) is 0 Å². The molecular weight excluding hydrogens is 230 g/mol. The molecule has 19 heavy (non-hydrogen) atoms. The molecule has 0 fully saturated rings. The van der Waals surface area contributed by atoms with Crippen molar-refractivity contribution in [2.24, 2.45) is 0 Å². The zero-order valence-corrected chi connectivity index (χ0v) is 11.8. The van der Waals surface area contributed by atoms with Crippen LogP contribution in [-0.4, -0.2) is 4.98 Å². The molecule has 0 radical (unpaired) electrons. The second-order valence-corrected chi connectivity index (χ2v) is 5.03. The number of allylic oxidation sites excluding steroid dienone is 1. The van der Waals surface area contributed by atoms with Gasteiger partial charge < -0.3 is 0 Å². The van der Waals surface area contributed by atoms with Gasteiger partial charge in [0.15, 0.2) is 0 Å². The molecule has 1 heteroatoms. The number of pyridine rings is 1. The highest BCUT2D eigenvalue weighted by molar-refractivity contribution is 5.79. The first-order valence-corrected chi connectivity index (χ1v) is 7.42. The van der Waals surface area contributed by atoms with Crippen molar-refractivity contribution in [3.8, 4) is 0 Å². The normalized spacial score (nSPS) is 11.4. The first kappa shape index (κ1) is 13.8. The third-order valence-corrected chi connectivity index (χ3v) is 3.38. The van der Waals surface area contributed by atoms with Gasteiger partial charge >= 0.3 is 0 Å². The number of aromatic nitrogens is 1. The Kier molecular flexibility index (Phi) is 5.61. The molecule has 0 saturated carbocycles. The minimum absolute atomic E-state index is 1.06. The molecule has 1 aromatic heterocycles. The van der Waals surface area contributed by atoms with E-state index in [1.165, 1.54) is 37.5 Å². The Morgan fingerprint density at radius 3 is 2.68 bits per heavy atom. The highest BCUT2D eigenvalue weighted by Crippen LogP contribution is 2.13. The standard InChI is InChI=1S/C18H23N/c1-2-3-4-5-6-7-8-12-17-15-14-16-11-9-10-13-18(16)19-17/h8-15H,2-7H2,1H3/b12-8+. The Bertz CT molecular complexity index is 528. The summed E-state index contributed by atoms with van der Waals surface area (Å²) in [4.78, 5) is 4.64. The monoisotopic (exact) mass is 253 g/mol. The second kappa shape index (κ2) is 7.73. The SMILES string of the molecule is CCCCCCC/C=C/c1ccc2ccccc2n1. The van der Waals surface area contributed by atoms with Crippen LogP contribution in [0.25, 0.3) is 17.0 Å². The van der Waals surface area contributed by atoms with E-state index < -0.39 is 0 Å². The summed E-state index contributed by atoms with van der Waals surface area (Å²) < 4.78 is 0. The molecule has 1 nitrogen and oxygen atoms in total. The number of unbranched alkanes of at least 4 members (excludes halogenated alkanes) is 5. The maximum Gasteiger partial charge on any atom is 0.0709 e. The van der Waals surface area contributed by atoms with Gasteiger partial charge in [0.2, 0.25) is 0 Å². The van der Waals surface area contributed by atoms with E-state index in [2.05, 4.69) is 54.4 Å². The van der Waals surface area contributed by atoms with Gasteiger partial charge in [-0.25, -0.2) is 4.98 Å². The smallest absolute Gasteiger partial charge is 0.0709 e. The lowest BCUT2D eigenvalue weighted by Crippen LogP contribution is -1.82. The molecule has 2 rings (SSSR count). The summed E-state index contributed by atoms with van der Waals surface area (Å²) >= 11 is 0. The third kappa shape index (κ3) is 4.51. The van der Waals surface area contributed by atoms with Crippen molar-refractivity contribution in [2.75, 3.05) is 0 Å². The average Bonchev–Trinajstić information content (AvgIpc) is 2.46. The maximum absolute atomic E-state index is 4.64. The van der Waals surface area contributed by atoms with Gasteiger partial charge in [-0.15, -0.1) is 0 Å². The molecular formula is C18H23N. The molecule has 0 atom stereocenters. The summed E-state index contributed by atoms with van der Waals surface area (Å²) in [6.07, 6.45) is 12.3. The summed E-state index contributed by atoms with van der Waals surface area (Å²) in [6.45, 7) is 2.26. The van der Waals surface area contributed by atoms with E-state index in [4.69, 9.17) is 0 Å². The number of hydrogen-bond donors (Lipinski definition) is 0. The van der Waals surface area contributed by atoms with Crippen LogP contribution < -0.4 is 0 Å². The number of rotatable bonds is 7. The third-order valence-electron chi connectivity index (χ3n) is 3.38. The van der Waals surface area contributed by atoms with E-state index in [0.717, 1.165) is 17.6 Å². The Hall–Kier alpha value is -1.63. The van der Waals surface area contributed by atoms with E-state index in [9.17, 15) is 0 Å². The fourth-order valence-corrected chi connectivity index (χ4v) is 2.24. The molecule has 100 valence electrons. The Labute approximate surface area is 116 Å². The van der Waals surface area contributed by atoms with Crippen molar-refractivity contribution in [1.29, 1.82) is 0 Å². The molecule has 1 heterocycles. The van der Waals surface area contributed by atoms with Crippen LogP contribution >= 0.6 is 0 Å². The van der Waals surface area contributed by atoms with E-state index in [1.54, 1.807) is 0 Å². The minimum Gasteiger partial charge on any atom is -0.248 e. The van der Waals surface area contributed by atoms with Crippen molar-refractivity contribution in [1.82, 2.24) is 4.98 Å². The molecule has 0 bridgehead atoms. The van der Waals surface area contributed by atoms with Crippen LogP contribution in [0.15, 0.2) is 42.5 Å². The van der Waals surface area contributed by atoms with Crippen LogP contribution in [0, 0.1) is 0 Å². The summed E-state index contributed by atoms with van der Waals surface area (Å²) in [5, 5.41) is 1.21. The van der Waals surface area contributed by atoms with E-state index in [0.29, 0.717) is 0 Å². The van der Waals surface area contributed by atoms with Crippen LogP contribution in [0.5, 0.6) is 0 Å². The molecule has 0 amide bonds. The molecule has 0 spiro atoms. The van der Waals surface area contributed by atoms with Gasteiger partial charge in [0.25, 0.3) is 0 Å². The predicted octanol–water partition coefficient (Wildman–Crippen LogP) is 5.61. The second-order valence-electron chi connectivity index (χ2n) is 5.03. The van der Waals surface area contributed by atoms with Gasteiger partial charge in [0.05, 0.1) is 11.2 Å². The molecule has 0 unspecified atom stereocenters. The first-order valence-electron chi connectivity index (χ1n) is 7.42. The van der Waals surface area contributed by atoms with Crippen LogP contribution in [0.2, 0.25) is 0 Å². The lowest BCUT2D eigenvalue weighted by molar-refractivity contribution is 0.638. The fourth-order valence-electron chi connectivity index (χ4n) is 2.24. The largest absolute Gasteiger partial charge is 0.248 e. The van der Waals surface area contributed by atoms with Gasteiger partial charge in [-0.05, 0) is 31.1 Å². The van der Waals surface area contributed by atoms with Crippen molar-refractivity contribution in [3.05, 3.63) is 48.2 Å². The lowest BCUT2D eigenvalue weighted by atomic mass is 10.1. The number of para-hydroxylation sites is 1.